The van der Waals surface area contributed by atoms with Gasteiger partial charge in [0.05, 0.1) is 6.54 Å². The first kappa shape index (κ1) is 22.9. The Kier molecular flexibility index (Phi) is 7.98. The minimum Gasteiger partial charge on any atom is -0.376 e. The zero-order chi connectivity index (χ0) is 22.1. The molecule has 2 aromatic rings. The van der Waals surface area contributed by atoms with Gasteiger partial charge in [-0.25, -0.2) is 0 Å². The monoisotopic (exact) mass is 410 g/mol. The van der Waals surface area contributed by atoms with Crippen molar-refractivity contribution in [3.63, 3.8) is 0 Å². The average molecular weight is 411 g/mol. The zero-order valence-corrected chi connectivity index (χ0v) is 18.0. The molecule has 0 fully saturated rings. The molecule has 2 rings (SSSR count). The minimum absolute atomic E-state index is 0.0391. The van der Waals surface area contributed by atoms with Gasteiger partial charge in [-0.3, -0.25) is 14.4 Å². The number of hydrogen-bond acceptors (Lipinski definition) is 4. The molecule has 0 bridgehead atoms. The van der Waals surface area contributed by atoms with Crippen LogP contribution in [-0.4, -0.2) is 29.8 Å². The van der Waals surface area contributed by atoms with E-state index in [0.717, 1.165) is 12.1 Å². The second-order valence-electron chi connectivity index (χ2n) is 8.07. The predicted octanol–water partition coefficient (Wildman–Crippen LogP) is 4.00. The van der Waals surface area contributed by atoms with Gasteiger partial charge in [-0.05, 0) is 63.6 Å². The predicted molar refractivity (Wildman–Crippen MR) is 121 cm³/mol. The molecule has 2 aromatic carbocycles. The van der Waals surface area contributed by atoms with Crippen LogP contribution in [0.25, 0.3) is 0 Å². The van der Waals surface area contributed by atoms with E-state index in [1.165, 1.54) is 0 Å². The lowest BCUT2D eigenvalue weighted by atomic mass is 10.1. The molecule has 0 radical (unpaired) electrons. The van der Waals surface area contributed by atoms with Crippen molar-refractivity contribution in [3.05, 3.63) is 54.1 Å². The Labute approximate surface area is 177 Å². The lowest BCUT2D eigenvalue weighted by molar-refractivity contribution is -0.116. The maximum Gasteiger partial charge on any atom is 0.251 e. The highest BCUT2D eigenvalue weighted by Gasteiger charge is 2.15. The van der Waals surface area contributed by atoms with Crippen molar-refractivity contribution in [2.45, 2.75) is 46.1 Å². The summed E-state index contributed by atoms with van der Waals surface area (Å²) in [6, 6.07) is 14.0. The number of carbonyl (C=O) groups is 3. The van der Waals surface area contributed by atoms with Crippen molar-refractivity contribution in [1.82, 2.24) is 5.32 Å². The summed E-state index contributed by atoms with van der Waals surface area (Å²) >= 11 is 0. The number of anilines is 3. The van der Waals surface area contributed by atoms with E-state index in [1.54, 1.807) is 42.5 Å². The fourth-order valence-corrected chi connectivity index (χ4v) is 2.70. The smallest absolute Gasteiger partial charge is 0.251 e. The SMILES string of the molecule is CCCC(=O)Nc1cccc(NCC(=O)Nc2cccc(C(=O)NC(C)(C)C)c2)c1. The third kappa shape index (κ3) is 7.95. The van der Waals surface area contributed by atoms with Gasteiger partial charge in [-0.15, -0.1) is 0 Å². The van der Waals surface area contributed by atoms with E-state index < -0.39 is 0 Å². The number of benzene rings is 2. The van der Waals surface area contributed by atoms with Crippen LogP contribution in [0.1, 0.15) is 50.9 Å². The first-order valence-electron chi connectivity index (χ1n) is 10.0. The van der Waals surface area contributed by atoms with Crippen LogP contribution in [0, 0.1) is 0 Å². The Morgan fingerprint density at radius 1 is 0.833 bits per heavy atom. The van der Waals surface area contributed by atoms with E-state index in [9.17, 15) is 14.4 Å². The van der Waals surface area contributed by atoms with Crippen molar-refractivity contribution in [2.24, 2.45) is 0 Å². The summed E-state index contributed by atoms with van der Waals surface area (Å²) in [5.41, 5.74) is 2.08. The van der Waals surface area contributed by atoms with Crippen LogP contribution in [-0.2, 0) is 9.59 Å². The summed E-state index contributed by atoms with van der Waals surface area (Å²) in [6.07, 6.45) is 1.25. The summed E-state index contributed by atoms with van der Waals surface area (Å²) < 4.78 is 0. The van der Waals surface area contributed by atoms with Gasteiger partial charge in [0.15, 0.2) is 0 Å². The molecule has 7 heteroatoms. The fraction of sp³-hybridized carbons (Fsp3) is 0.348. The first-order chi connectivity index (χ1) is 14.2. The molecule has 3 amide bonds. The maximum atomic E-state index is 12.3. The molecule has 0 aliphatic heterocycles. The fourth-order valence-electron chi connectivity index (χ4n) is 2.70. The highest BCUT2D eigenvalue weighted by molar-refractivity contribution is 5.98. The van der Waals surface area contributed by atoms with Crippen molar-refractivity contribution < 1.29 is 14.4 Å². The van der Waals surface area contributed by atoms with Gasteiger partial charge in [0.25, 0.3) is 5.91 Å². The normalized spacial score (nSPS) is 10.8. The second kappa shape index (κ2) is 10.4. The highest BCUT2D eigenvalue weighted by atomic mass is 16.2. The average Bonchev–Trinajstić information content (AvgIpc) is 2.66. The molecule has 0 aliphatic carbocycles. The third-order valence-corrected chi connectivity index (χ3v) is 3.97. The Bertz CT molecular complexity index is 903. The summed E-state index contributed by atoms with van der Waals surface area (Å²) in [7, 11) is 0. The number of rotatable bonds is 8. The molecule has 0 atom stereocenters. The molecular formula is C23H30N4O3. The van der Waals surface area contributed by atoms with Gasteiger partial charge >= 0.3 is 0 Å². The van der Waals surface area contributed by atoms with Crippen LogP contribution in [0.3, 0.4) is 0 Å². The van der Waals surface area contributed by atoms with Crippen LogP contribution in [0.2, 0.25) is 0 Å². The summed E-state index contributed by atoms with van der Waals surface area (Å²) in [4.78, 5) is 36.3. The van der Waals surface area contributed by atoms with Gasteiger partial charge < -0.3 is 21.3 Å². The number of nitrogens with one attached hydrogen (secondary N) is 4. The first-order valence-corrected chi connectivity index (χ1v) is 10.0. The van der Waals surface area contributed by atoms with E-state index in [-0.39, 0.29) is 29.8 Å². The van der Waals surface area contributed by atoms with Crippen LogP contribution in [0.5, 0.6) is 0 Å². The molecule has 4 N–H and O–H groups in total. The van der Waals surface area contributed by atoms with Gasteiger partial charge in [-0.2, -0.15) is 0 Å². The Morgan fingerprint density at radius 2 is 1.43 bits per heavy atom. The van der Waals surface area contributed by atoms with Crippen LogP contribution >= 0.6 is 0 Å². The Balaban J connectivity index is 1.92. The molecule has 7 nitrogen and oxygen atoms in total. The standard InChI is InChI=1S/C23H30N4O3/c1-5-8-20(28)25-19-12-7-10-17(14-19)24-15-21(29)26-18-11-6-9-16(13-18)22(30)27-23(2,3)4/h6-7,9-14,24H,5,8,15H2,1-4H3,(H,25,28)(H,26,29)(H,27,30). The van der Waals surface area contributed by atoms with Crippen molar-refractivity contribution in [1.29, 1.82) is 0 Å². The number of carbonyl (C=O) groups excluding carboxylic acids is 3. The number of hydrogen-bond donors (Lipinski definition) is 4. The summed E-state index contributed by atoms with van der Waals surface area (Å²) in [5.74, 6) is -0.481. The largest absolute Gasteiger partial charge is 0.376 e. The number of amides is 3. The molecule has 0 spiro atoms. The van der Waals surface area contributed by atoms with E-state index >= 15 is 0 Å². The molecule has 0 unspecified atom stereocenters. The van der Waals surface area contributed by atoms with E-state index in [0.29, 0.717) is 23.4 Å². The van der Waals surface area contributed by atoms with E-state index in [1.807, 2.05) is 33.8 Å². The Morgan fingerprint density at radius 3 is 2.10 bits per heavy atom. The van der Waals surface area contributed by atoms with Gasteiger partial charge in [0, 0.05) is 34.6 Å². The van der Waals surface area contributed by atoms with Crippen LogP contribution < -0.4 is 21.3 Å². The molecule has 0 aromatic heterocycles. The van der Waals surface area contributed by atoms with E-state index in [4.69, 9.17) is 0 Å². The maximum absolute atomic E-state index is 12.3. The second-order valence-corrected chi connectivity index (χ2v) is 8.07. The van der Waals surface area contributed by atoms with Gasteiger partial charge in [0.1, 0.15) is 0 Å². The molecule has 0 saturated carbocycles. The lowest BCUT2D eigenvalue weighted by Crippen LogP contribution is -2.40. The summed E-state index contributed by atoms with van der Waals surface area (Å²) in [6.45, 7) is 7.72. The lowest BCUT2D eigenvalue weighted by Gasteiger charge is -2.20. The van der Waals surface area contributed by atoms with Crippen molar-refractivity contribution >= 4 is 34.8 Å². The molecule has 0 aliphatic rings. The van der Waals surface area contributed by atoms with Gasteiger partial charge in [-0.1, -0.05) is 19.1 Å². The molecule has 160 valence electrons. The quantitative estimate of drug-likeness (QED) is 0.528. The summed E-state index contributed by atoms with van der Waals surface area (Å²) in [5, 5.41) is 11.5. The topological polar surface area (TPSA) is 99.3 Å². The van der Waals surface area contributed by atoms with Gasteiger partial charge in [0.2, 0.25) is 11.8 Å². The third-order valence-electron chi connectivity index (χ3n) is 3.97. The molecule has 0 heterocycles. The van der Waals surface area contributed by atoms with Crippen molar-refractivity contribution in [3.8, 4) is 0 Å². The van der Waals surface area contributed by atoms with Crippen LogP contribution in [0.4, 0.5) is 17.1 Å². The van der Waals surface area contributed by atoms with E-state index in [2.05, 4.69) is 21.3 Å². The van der Waals surface area contributed by atoms with Crippen LogP contribution in [0.15, 0.2) is 48.5 Å². The zero-order valence-electron chi connectivity index (χ0n) is 18.0. The van der Waals surface area contributed by atoms with Crippen molar-refractivity contribution in [2.75, 3.05) is 22.5 Å². The molecule has 0 saturated heterocycles. The minimum atomic E-state index is -0.342. The Hall–Kier alpha value is -3.35. The highest BCUT2D eigenvalue weighted by Crippen LogP contribution is 2.16. The molecule has 30 heavy (non-hydrogen) atoms. The molecular weight excluding hydrogens is 380 g/mol.